The molecule has 1 aromatic rings. The highest BCUT2D eigenvalue weighted by Gasteiger charge is 2.56. The maximum Gasteiger partial charge on any atom is 0.341 e. The number of carboxylic acids is 1. The van der Waals surface area contributed by atoms with Crippen LogP contribution >= 0.6 is 0 Å². The minimum absolute atomic E-state index is 0.162. The summed E-state index contributed by atoms with van der Waals surface area (Å²) < 4.78 is 25.2. The second kappa shape index (κ2) is 5.16. The fraction of sp³-hybridized carbons (Fsp3) is 0.462. The average molecular weight is 300 g/mol. The normalized spacial score (nSPS) is 17.2. The number of hydrogen-bond donors (Lipinski definition) is 3. The largest absolute Gasteiger partial charge is 0.479 e. The van der Waals surface area contributed by atoms with Crippen molar-refractivity contribution in [3.8, 4) is 0 Å². The molecule has 0 radical (unpaired) electrons. The van der Waals surface area contributed by atoms with Crippen molar-refractivity contribution >= 4 is 15.8 Å². The molecule has 0 amide bonds. The molecule has 0 aliphatic carbocycles. The van der Waals surface area contributed by atoms with Crippen molar-refractivity contribution in [3.63, 3.8) is 0 Å². The molecule has 0 aromatic heterocycles. The summed E-state index contributed by atoms with van der Waals surface area (Å²) in [5, 5.41) is 9.38. The Morgan fingerprint density at radius 3 is 2.00 bits per heavy atom. The first kappa shape index (κ1) is 16.6. The van der Waals surface area contributed by atoms with Crippen LogP contribution in [0.5, 0.6) is 0 Å². The van der Waals surface area contributed by atoms with Crippen molar-refractivity contribution in [2.24, 2.45) is 16.9 Å². The smallest absolute Gasteiger partial charge is 0.341 e. The Morgan fingerprint density at radius 2 is 1.65 bits per heavy atom. The average Bonchev–Trinajstić information content (AvgIpc) is 2.36. The number of nitrogens with two attached hydrogens (primary N) is 2. The first-order chi connectivity index (χ1) is 8.95. The van der Waals surface area contributed by atoms with Gasteiger partial charge in [-0.25, -0.2) is 13.2 Å². The lowest BCUT2D eigenvalue weighted by Gasteiger charge is -2.38. The van der Waals surface area contributed by atoms with E-state index in [9.17, 15) is 18.3 Å². The van der Waals surface area contributed by atoms with Crippen LogP contribution in [0.2, 0.25) is 0 Å². The Morgan fingerprint density at radius 1 is 1.20 bits per heavy atom. The second-order valence-corrected chi connectivity index (χ2v) is 7.91. The minimum atomic E-state index is -4.33. The number of carbonyl (C=O) groups is 1. The van der Waals surface area contributed by atoms with Crippen molar-refractivity contribution in [2.75, 3.05) is 0 Å². The van der Waals surface area contributed by atoms with E-state index in [4.69, 9.17) is 11.5 Å². The molecule has 0 spiro atoms. The number of sulfone groups is 1. The Bertz CT molecular complexity index is 593. The molecule has 0 aliphatic heterocycles. The SMILES string of the molecule is CC(C)(C)C(N)[C@@](N)(C(=O)O)S(=O)(=O)c1ccccc1. The van der Waals surface area contributed by atoms with Gasteiger partial charge in [-0.05, 0) is 17.5 Å². The first-order valence-electron chi connectivity index (χ1n) is 6.03. The fourth-order valence-corrected chi connectivity index (χ4v) is 3.68. The van der Waals surface area contributed by atoms with Crippen LogP contribution in [0.3, 0.4) is 0 Å². The summed E-state index contributed by atoms with van der Waals surface area (Å²) in [6.07, 6.45) is 0. The van der Waals surface area contributed by atoms with E-state index < -0.39 is 32.1 Å². The van der Waals surface area contributed by atoms with Gasteiger partial charge in [0.2, 0.25) is 14.7 Å². The molecular weight excluding hydrogens is 280 g/mol. The zero-order chi connectivity index (χ0) is 15.8. The third kappa shape index (κ3) is 2.56. The highest BCUT2D eigenvalue weighted by molar-refractivity contribution is 7.93. The molecular formula is C13H20N2O4S. The molecule has 20 heavy (non-hydrogen) atoms. The van der Waals surface area contributed by atoms with Crippen LogP contribution < -0.4 is 11.5 Å². The third-order valence-electron chi connectivity index (χ3n) is 3.23. The lowest BCUT2D eigenvalue weighted by molar-refractivity contribution is -0.141. The van der Waals surface area contributed by atoms with E-state index >= 15 is 0 Å². The number of rotatable bonds is 4. The van der Waals surface area contributed by atoms with Crippen LogP contribution in [0.15, 0.2) is 35.2 Å². The molecule has 0 heterocycles. The van der Waals surface area contributed by atoms with Crippen LogP contribution in [0.4, 0.5) is 0 Å². The van der Waals surface area contributed by atoms with Gasteiger partial charge >= 0.3 is 5.97 Å². The van der Waals surface area contributed by atoms with Gasteiger partial charge in [0.05, 0.1) is 10.9 Å². The molecule has 112 valence electrons. The highest BCUT2D eigenvalue weighted by atomic mass is 32.2. The molecule has 0 bridgehead atoms. The molecule has 0 saturated carbocycles. The monoisotopic (exact) mass is 300 g/mol. The Kier molecular flexibility index (Phi) is 4.28. The minimum Gasteiger partial charge on any atom is -0.479 e. The van der Waals surface area contributed by atoms with Crippen LogP contribution in [0.1, 0.15) is 20.8 Å². The molecule has 2 atom stereocenters. The number of benzene rings is 1. The zero-order valence-electron chi connectivity index (χ0n) is 11.7. The molecule has 1 rings (SSSR count). The maximum absolute atomic E-state index is 12.6. The highest BCUT2D eigenvalue weighted by Crippen LogP contribution is 2.32. The Balaban J connectivity index is 3.53. The van der Waals surface area contributed by atoms with Crippen molar-refractivity contribution < 1.29 is 18.3 Å². The summed E-state index contributed by atoms with van der Waals surface area (Å²) in [5.41, 5.74) is 10.8. The van der Waals surface area contributed by atoms with Gasteiger partial charge in [0.25, 0.3) is 0 Å². The van der Waals surface area contributed by atoms with Crippen LogP contribution in [-0.4, -0.2) is 30.4 Å². The van der Waals surface area contributed by atoms with Gasteiger partial charge in [0.15, 0.2) is 0 Å². The summed E-state index contributed by atoms with van der Waals surface area (Å²) in [6.45, 7) is 4.92. The molecule has 1 aromatic carbocycles. The molecule has 0 saturated heterocycles. The van der Waals surface area contributed by atoms with Crippen LogP contribution in [0, 0.1) is 5.41 Å². The number of hydrogen-bond acceptors (Lipinski definition) is 5. The summed E-state index contributed by atoms with van der Waals surface area (Å²) in [6, 6.07) is 5.94. The summed E-state index contributed by atoms with van der Waals surface area (Å²) in [4.78, 5) is 8.79. The van der Waals surface area contributed by atoms with Crippen molar-refractivity contribution in [1.29, 1.82) is 0 Å². The lowest BCUT2D eigenvalue weighted by atomic mass is 9.83. The Labute approximate surface area is 118 Å². The molecule has 7 heteroatoms. The van der Waals surface area contributed by atoms with E-state index in [0.717, 1.165) is 0 Å². The van der Waals surface area contributed by atoms with Crippen molar-refractivity contribution in [1.82, 2.24) is 0 Å². The predicted octanol–water partition coefficient (Wildman–Crippen LogP) is 0.573. The van der Waals surface area contributed by atoms with Crippen molar-refractivity contribution in [3.05, 3.63) is 30.3 Å². The molecule has 6 nitrogen and oxygen atoms in total. The molecule has 0 fully saturated rings. The fourth-order valence-electron chi connectivity index (χ4n) is 1.85. The zero-order valence-corrected chi connectivity index (χ0v) is 12.5. The van der Waals surface area contributed by atoms with Gasteiger partial charge in [-0.3, -0.25) is 0 Å². The van der Waals surface area contributed by atoms with Gasteiger partial charge in [-0.1, -0.05) is 39.0 Å². The van der Waals surface area contributed by atoms with Gasteiger partial charge in [-0.2, -0.15) is 0 Å². The standard InChI is InChI=1S/C13H20N2O4S/c1-12(2,3)10(14)13(15,11(16)17)20(18,19)9-7-5-4-6-8-9/h4-8,10H,14-15H2,1-3H3,(H,16,17)/t10?,13-/m0/s1. The van der Waals surface area contributed by atoms with E-state index in [1.165, 1.54) is 24.3 Å². The van der Waals surface area contributed by atoms with Gasteiger partial charge in [0.1, 0.15) is 0 Å². The van der Waals surface area contributed by atoms with Gasteiger partial charge in [-0.15, -0.1) is 0 Å². The number of carboxylic acid groups (broad SMARTS) is 1. The van der Waals surface area contributed by atoms with Crippen molar-refractivity contribution in [2.45, 2.75) is 36.6 Å². The van der Waals surface area contributed by atoms with E-state index in [-0.39, 0.29) is 4.90 Å². The lowest BCUT2D eigenvalue weighted by Crippen LogP contribution is -2.69. The topological polar surface area (TPSA) is 123 Å². The van der Waals surface area contributed by atoms with E-state index in [2.05, 4.69) is 0 Å². The predicted molar refractivity (Wildman–Crippen MR) is 75.6 cm³/mol. The maximum atomic E-state index is 12.6. The van der Waals surface area contributed by atoms with E-state index in [1.54, 1.807) is 26.8 Å². The summed E-state index contributed by atoms with van der Waals surface area (Å²) in [7, 11) is -4.33. The van der Waals surface area contributed by atoms with Gasteiger partial charge < -0.3 is 16.6 Å². The third-order valence-corrected chi connectivity index (χ3v) is 5.44. The van der Waals surface area contributed by atoms with E-state index in [0.29, 0.717) is 0 Å². The molecule has 5 N–H and O–H groups in total. The van der Waals surface area contributed by atoms with Gasteiger partial charge in [0, 0.05) is 0 Å². The number of aliphatic carboxylic acids is 1. The van der Waals surface area contributed by atoms with E-state index in [1.807, 2.05) is 0 Å². The second-order valence-electron chi connectivity index (χ2n) is 5.76. The summed E-state index contributed by atoms with van der Waals surface area (Å²) in [5.74, 6) is -1.66. The Hall–Kier alpha value is -1.44. The van der Waals surface area contributed by atoms with Crippen LogP contribution in [0.25, 0.3) is 0 Å². The van der Waals surface area contributed by atoms with Crippen LogP contribution in [-0.2, 0) is 14.6 Å². The first-order valence-corrected chi connectivity index (χ1v) is 7.51. The summed E-state index contributed by atoms with van der Waals surface area (Å²) >= 11 is 0. The molecule has 1 unspecified atom stereocenters. The molecule has 0 aliphatic rings. The quantitative estimate of drug-likeness (QED) is 0.747.